The van der Waals surface area contributed by atoms with Gasteiger partial charge in [0.25, 0.3) is 10.2 Å². The number of carboxylic acid groups (broad SMARTS) is 1. The van der Waals surface area contributed by atoms with Crippen LogP contribution in [0.15, 0.2) is 36.7 Å². The summed E-state index contributed by atoms with van der Waals surface area (Å²) >= 11 is 0. The van der Waals surface area contributed by atoms with Crippen LogP contribution >= 0.6 is 0 Å². The highest BCUT2D eigenvalue weighted by Gasteiger charge is 2.34. The molecule has 146 valence electrons. The van der Waals surface area contributed by atoms with Crippen molar-refractivity contribution in [1.29, 1.82) is 0 Å². The summed E-state index contributed by atoms with van der Waals surface area (Å²) in [5, 5.41) is 13.5. The smallest absolute Gasteiger partial charge is 0.307 e. The molecule has 2 aromatic rings. The van der Waals surface area contributed by atoms with Crippen molar-refractivity contribution in [2.24, 2.45) is 5.92 Å². The summed E-state index contributed by atoms with van der Waals surface area (Å²) in [6, 6.07) is 7.82. The molecule has 0 radical (unpaired) electrons. The Bertz CT molecular complexity index is 925. The molecule has 1 fully saturated rings. The molecule has 9 heteroatoms. The van der Waals surface area contributed by atoms with Crippen LogP contribution in [-0.2, 0) is 21.5 Å². The highest BCUT2D eigenvalue weighted by atomic mass is 32.2. The van der Waals surface area contributed by atoms with Crippen LogP contribution in [0.3, 0.4) is 0 Å². The van der Waals surface area contributed by atoms with Gasteiger partial charge in [0.2, 0.25) is 0 Å². The number of nitrogens with zero attached hydrogens (tertiary/aromatic N) is 4. The van der Waals surface area contributed by atoms with E-state index in [1.807, 2.05) is 37.4 Å². The summed E-state index contributed by atoms with van der Waals surface area (Å²) in [7, 11) is -2.22. The molecule has 1 aromatic heterocycles. The van der Waals surface area contributed by atoms with Crippen molar-refractivity contribution >= 4 is 16.2 Å². The van der Waals surface area contributed by atoms with E-state index < -0.39 is 22.1 Å². The predicted molar refractivity (Wildman–Crippen MR) is 101 cm³/mol. The second kappa shape index (κ2) is 7.79. The molecule has 0 bridgehead atoms. The van der Waals surface area contributed by atoms with Crippen LogP contribution in [0.2, 0.25) is 0 Å². The molecule has 1 saturated heterocycles. The van der Waals surface area contributed by atoms with Crippen molar-refractivity contribution in [2.45, 2.75) is 26.3 Å². The van der Waals surface area contributed by atoms with Gasteiger partial charge in [0.05, 0.1) is 17.8 Å². The summed E-state index contributed by atoms with van der Waals surface area (Å²) in [5.74, 6) is -1.59. The van der Waals surface area contributed by atoms with Crippen LogP contribution in [0.25, 0.3) is 5.69 Å². The highest BCUT2D eigenvalue weighted by molar-refractivity contribution is 7.86. The summed E-state index contributed by atoms with van der Waals surface area (Å²) in [6.45, 7) is 2.52. The number of aromatic nitrogens is 2. The molecule has 1 unspecified atom stereocenters. The maximum absolute atomic E-state index is 12.8. The van der Waals surface area contributed by atoms with E-state index in [0.29, 0.717) is 19.4 Å². The number of hydrogen-bond donors (Lipinski definition) is 1. The van der Waals surface area contributed by atoms with E-state index in [-0.39, 0.29) is 13.1 Å². The number of rotatable bonds is 6. The lowest BCUT2D eigenvalue weighted by atomic mass is 10.0. The number of benzene rings is 1. The van der Waals surface area contributed by atoms with E-state index in [1.54, 1.807) is 10.9 Å². The van der Waals surface area contributed by atoms with Gasteiger partial charge in [-0.05, 0) is 31.4 Å². The van der Waals surface area contributed by atoms with Crippen molar-refractivity contribution in [3.8, 4) is 5.69 Å². The number of aryl methyl sites for hydroxylation is 1. The van der Waals surface area contributed by atoms with E-state index in [1.165, 1.54) is 15.7 Å². The molecule has 27 heavy (non-hydrogen) atoms. The summed E-state index contributed by atoms with van der Waals surface area (Å²) < 4.78 is 29.9. The van der Waals surface area contributed by atoms with Gasteiger partial charge in [0, 0.05) is 38.4 Å². The second-order valence-corrected chi connectivity index (χ2v) is 8.91. The van der Waals surface area contributed by atoms with Crippen molar-refractivity contribution in [3.05, 3.63) is 47.8 Å². The molecule has 0 saturated carbocycles. The molecule has 1 atom stereocenters. The first-order valence-electron chi connectivity index (χ1n) is 8.83. The zero-order chi connectivity index (χ0) is 19.6. The van der Waals surface area contributed by atoms with Gasteiger partial charge in [0.1, 0.15) is 0 Å². The van der Waals surface area contributed by atoms with Crippen molar-refractivity contribution in [2.75, 3.05) is 20.1 Å². The van der Waals surface area contributed by atoms with Gasteiger partial charge in [-0.15, -0.1) is 0 Å². The SMILES string of the molecule is Cc1ccccc1-n1cc(CN(C)S(=O)(=O)N2CCCC(C(=O)O)C2)cn1. The minimum Gasteiger partial charge on any atom is -0.481 e. The third-order valence-corrected chi connectivity index (χ3v) is 6.76. The van der Waals surface area contributed by atoms with Crippen molar-refractivity contribution < 1.29 is 18.3 Å². The molecule has 8 nitrogen and oxygen atoms in total. The quantitative estimate of drug-likeness (QED) is 0.806. The van der Waals surface area contributed by atoms with Crippen LogP contribution < -0.4 is 0 Å². The first kappa shape index (κ1) is 19.5. The predicted octanol–water partition coefficient (Wildman–Crippen LogP) is 1.65. The van der Waals surface area contributed by atoms with Crippen molar-refractivity contribution in [3.63, 3.8) is 0 Å². The maximum atomic E-state index is 12.8. The number of hydrogen-bond acceptors (Lipinski definition) is 4. The summed E-state index contributed by atoms with van der Waals surface area (Å²) in [6.07, 6.45) is 4.52. The normalized spacial score (nSPS) is 18.7. The number of piperidine rings is 1. The van der Waals surface area contributed by atoms with E-state index in [0.717, 1.165) is 16.8 Å². The molecule has 1 N–H and O–H groups in total. The Hall–Kier alpha value is -2.23. The minimum atomic E-state index is -3.72. The lowest BCUT2D eigenvalue weighted by Crippen LogP contribution is -2.47. The molecule has 1 aliphatic heterocycles. The Kier molecular flexibility index (Phi) is 5.64. The second-order valence-electron chi connectivity index (χ2n) is 6.88. The third kappa shape index (κ3) is 4.20. The fourth-order valence-corrected chi connectivity index (χ4v) is 4.72. The highest BCUT2D eigenvalue weighted by Crippen LogP contribution is 2.22. The van der Waals surface area contributed by atoms with E-state index >= 15 is 0 Å². The Morgan fingerprint density at radius 1 is 1.37 bits per heavy atom. The van der Waals surface area contributed by atoms with Gasteiger partial charge in [-0.1, -0.05) is 18.2 Å². The molecule has 0 spiro atoms. The minimum absolute atomic E-state index is 0.0183. The molecule has 2 heterocycles. The monoisotopic (exact) mass is 392 g/mol. The zero-order valence-corrected chi connectivity index (χ0v) is 16.3. The van der Waals surface area contributed by atoms with Gasteiger partial charge in [-0.2, -0.15) is 22.1 Å². The fourth-order valence-electron chi connectivity index (χ4n) is 3.28. The van der Waals surface area contributed by atoms with Crippen LogP contribution in [0.4, 0.5) is 0 Å². The number of carboxylic acids is 1. The summed E-state index contributed by atoms with van der Waals surface area (Å²) in [4.78, 5) is 11.2. The average Bonchev–Trinajstić information content (AvgIpc) is 3.10. The molecule has 3 rings (SSSR count). The van der Waals surface area contributed by atoms with Crippen LogP contribution in [-0.4, -0.2) is 58.0 Å². The zero-order valence-electron chi connectivity index (χ0n) is 15.4. The maximum Gasteiger partial charge on any atom is 0.307 e. The Morgan fingerprint density at radius 2 is 2.11 bits per heavy atom. The topological polar surface area (TPSA) is 95.7 Å². The lowest BCUT2D eigenvalue weighted by Gasteiger charge is -2.32. The van der Waals surface area contributed by atoms with Crippen LogP contribution in [0, 0.1) is 12.8 Å². The first-order chi connectivity index (χ1) is 12.8. The standard InChI is InChI=1S/C18H24N4O4S/c1-14-6-3-4-8-17(14)22-12-15(10-19-22)11-20(2)27(25,26)21-9-5-7-16(13-21)18(23)24/h3-4,6,8,10,12,16H,5,7,9,11,13H2,1-2H3,(H,23,24). The molecule has 1 aromatic carbocycles. The van der Waals surface area contributed by atoms with Gasteiger partial charge in [0.15, 0.2) is 0 Å². The van der Waals surface area contributed by atoms with E-state index in [2.05, 4.69) is 5.10 Å². The largest absolute Gasteiger partial charge is 0.481 e. The van der Waals surface area contributed by atoms with Gasteiger partial charge in [-0.25, -0.2) is 4.68 Å². The Balaban J connectivity index is 1.72. The van der Waals surface area contributed by atoms with E-state index in [4.69, 9.17) is 0 Å². The van der Waals surface area contributed by atoms with Gasteiger partial charge < -0.3 is 5.11 Å². The van der Waals surface area contributed by atoms with Crippen molar-refractivity contribution in [1.82, 2.24) is 18.4 Å². The van der Waals surface area contributed by atoms with Crippen LogP contribution in [0.5, 0.6) is 0 Å². The molecular weight excluding hydrogens is 368 g/mol. The van der Waals surface area contributed by atoms with Gasteiger partial charge in [-0.3, -0.25) is 4.79 Å². The molecule has 0 aliphatic carbocycles. The Labute approximate surface area is 159 Å². The third-order valence-electron chi connectivity index (χ3n) is 4.86. The molecular formula is C18H24N4O4S. The number of aliphatic carboxylic acids is 1. The lowest BCUT2D eigenvalue weighted by molar-refractivity contribution is -0.142. The van der Waals surface area contributed by atoms with E-state index in [9.17, 15) is 18.3 Å². The fraction of sp³-hybridized carbons (Fsp3) is 0.444. The Morgan fingerprint density at radius 3 is 2.81 bits per heavy atom. The molecule has 0 amide bonds. The number of para-hydroxylation sites is 1. The van der Waals surface area contributed by atoms with Crippen LogP contribution in [0.1, 0.15) is 24.0 Å². The number of carbonyl (C=O) groups is 1. The van der Waals surface area contributed by atoms with Gasteiger partial charge >= 0.3 is 5.97 Å². The first-order valence-corrected chi connectivity index (χ1v) is 10.2. The molecule has 1 aliphatic rings. The average molecular weight is 392 g/mol. The summed E-state index contributed by atoms with van der Waals surface area (Å²) in [5.41, 5.74) is 2.77.